The molecule has 1 unspecified atom stereocenters. The smallest absolute Gasteiger partial charge is 0.315 e. The summed E-state index contributed by atoms with van der Waals surface area (Å²) in [4.78, 5) is 22.8. The summed E-state index contributed by atoms with van der Waals surface area (Å²) in [7, 11) is 0. The number of primary amides is 1. The SMILES string of the molecule is CC1(C(N)=O)CCN(C(=O)C(F)F)C1. The molecule has 0 bridgehead atoms. The van der Waals surface area contributed by atoms with Gasteiger partial charge in [-0.1, -0.05) is 0 Å². The monoisotopic (exact) mass is 206 g/mol. The van der Waals surface area contributed by atoms with Crippen molar-refractivity contribution in [3.8, 4) is 0 Å². The molecule has 0 saturated carbocycles. The van der Waals surface area contributed by atoms with E-state index in [9.17, 15) is 18.4 Å². The molecule has 2 N–H and O–H groups in total. The average molecular weight is 206 g/mol. The van der Waals surface area contributed by atoms with Crippen molar-refractivity contribution in [2.75, 3.05) is 13.1 Å². The Bertz CT molecular complexity index is 270. The lowest BCUT2D eigenvalue weighted by atomic mass is 9.89. The third kappa shape index (κ3) is 1.83. The number of hydrogen-bond acceptors (Lipinski definition) is 2. The van der Waals surface area contributed by atoms with Crippen LogP contribution in [0.25, 0.3) is 0 Å². The van der Waals surface area contributed by atoms with Crippen LogP contribution in [0.4, 0.5) is 8.78 Å². The van der Waals surface area contributed by atoms with Gasteiger partial charge in [0.1, 0.15) is 0 Å². The van der Waals surface area contributed by atoms with Crippen molar-refractivity contribution < 1.29 is 18.4 Å². The van der Waals surface area contributed by atoms with Crippen LogP contribution in [0.2, 0.25) is 0 Å². The summed E-state index contributed by atoms with van der Waals surface area (Å²) in [5.41, 5.74) is 4.25. The maximum absolute atomic E-state index is 12.0. The zero-order chi connectivity index (χ0) is 10.9. The minimum atomic E-state index is -3.01. The van der Waals surface area contributed by atoms with Crippen LogP contribution in [0.1, 0.15) is 13.3 Å². The number of hydrogen-bond donors (Lipinski definition) is 1. The van der Waals surface area contributed by atoms with Gasteiger partial charge in [-0.2, -0.15) is 8.78 Å². The van der Waals surface area contributed by atoms with Gasteiger partial charge in [0.15, 0.2) is 0 Å². The second-order valence-corrected chi connectivity index (χ2v) is 3.74. The van der Waals surface area contributed by atoms with Crippen molar-refractivity contribution >= 4 is 11.8 Å². The van der Waals surface area contributed by atoms with E-state index in [0.29, 0.717) is 6.42 Å². The Labute approximate surface area is 80.0 Å². The van der Waals surface area contributed by atoms with Crippen LogP contribution in [0.15, 0.2) is 0 Å². The van der Waals surface area contributed by atoms with Crippen molar-refractivity contribution in [2.45, 2.75) is 19.8 Å². The average Bonchev–Trinajstić information content (AvgIpc) is 2.48. The second-order valence-electron chi connectivity index (χ2n) is 3.74. The molecular weight excluding hydrogens is 194 g/mol. The van der Waals surface area contributed by atoms with Gasteiger partial charge in [-0.25, -0.2) is 0 Å². The maximum atomic E-state index is 12.0. The third-order valence-corrected chi connectivity index (χ3v) is 2.57. The fourth-order valence-corrected chi connectivity index (χ4v) is 1.49. The Morgan fingerprint density at radius 3 is 2.43 bits per heavy atom. The molecule has 1 atom stereocenters. The molecule has 0 spiro atoms. The van der Waals surface area contributed by atoms with Crippen molar-refractivity contribution in [3.63, 3.8) is 0 Å². The summed E-state index contributed by atoms with van der Waals surface area (Å²) in [6, 6.07) is 0. The number of amides is 2. The molecule has 4 nitrogen and oxygen atoms in total. The summed E-state index contributed by atoms with van der Waals surface area (Å²) in [6.45, 7) is 1.74. The number of halogens is 2. The van der Waals surface area contributed by atoms with Crippen LogP contribution >= 0.6 is 0 Å². The van der Waals surface area contributed by atoms with Crippen LogP contribution in [0.5, 0.6) is 0 Å². The molecule has 0 aliphatic carbocycles. The van der Waals surface area contributed by atoms with E-state index in [-0.39, 0.29) is 13.1 Å². The molecule has 1 aliphatic rings. The Morgan fingerprint density at radius 2 is 2.07 bits per heavy atom. The van der Waals surface area contributed by atoms with Gasteiger partial charge >= 0.3 is 6.43 Å². The third-order valence-electron chi connectivity index (χ3n) is 2.57. The molecule has 1 rings (SSSR count). The van der Waals surface area contributed by atoms with E-state index < -0.39 is 23.7 Å². The Hall–Kier alpha value is -1.20. The van der Waals surface area contributed by atoms with Crippen LogP contribution < -0.4 is 5.73 Å². The first-order valence-electron chi connectivity index (χ1n) is 4.24. The largest absolute Gasteiger partial charge is 0.369 e. The predicted octanol–water partition coefficient (Wildman–Crippen LogP) is -0.0246. The highest BCUT2D eigenvalue weighted by Gasteiger charge is 2.42. The lowest BCUT2D eigenvalue weighted by molar-refractivity contribution is -0.142. The number of carbonyl (C=O) groups is 2. The molecule has 0 aromatic heterocycles. The van der Waals surface area contributed by atoms with E-state index in [1.165, 1.54) is 0 Å². The molecule has 0 aromatic carbocycles. The number of likely N-dealkylation sites (tertiary alicyclic amines) is 1. The van der Waals surface area contributed by atoms with Gasteiger partial charge in [0.05, 0.1) is 5.41 Å². The van der Waals surface area contributed by atoms with Gasteiger partial charge < -0.3 is 10.6 Å². The van der Waals surface area contributed by atoms with E-state index in [2.05, 4.69) is 0 Å². The number of nitrogens with zero attached hydrogens (tertiary/aromatic N) is 1. The molecule has 1 heterocycles. The lowest BCUT2D eigenvalue weighted by Crippen LogP contribution is -2.40. The molecule has 1 fully saturated rings. The highest BCUT2D eigenvalue weighted by molar-refractivity contribution is 5.84. The number of rotatable bonds is 2. The molecule has 0 radical (unpaired) electrons. The summed E-state index contributed by atoms with van der Waals surface area (Å²) in [6.07, 6.45) is -2.66. The lowest BCUT2D eigenvalue weighted by Gasteiger charge is -2.20. The van der Waals surface area contributed by atoms with Gasteiger partial charge in [-0.05, 0) is 13.3 Å². The summed E-state index contributed by atoms with van der Waals surface area (Å²) >= 11 is 0. The molecule has 14 heavy (non-hydrogen) atoms. The molecule has 6 heteroatoms. The molecule has 80 valence electrons. The standard InChI is InChI=1S/C8H12F2N2O2/c1-8(7(11)14)2-3-12(4-8)6(13)5(9)10/h5H,2-4H2,1H3,(H2,11,14). The second kappa shape index (κ2) is 3.51. The van der Waals surface area contributed by atoms with Crippen molar-refractivity contribution in [3.05, 3.63) is 0 Å². The Balaban J connectivity index is 2.66. The van der Waals surface area contributed by atoms with Crippen molar-refractivity contribution in [2.24, 2.45) is 11.1 Å². The highest BCUT2D eigenvalue weighted by atomic mass is 19.3. The first-order chi connectivity index (χ1) is 6.37. The van der Waals surface area contributed by atoms with Crippen molar-refractivity contribution in [1.82, 2.24) is 4.90 Å². The molecule has 0 aromatic rings. The minimum Gasteiger partial charge on any atom is -0.369 e. The van der Waals surface area contributed by atoms with Crippen LogP contribution in [0.3, 0.4) is 0 Å². The summed E-state index contributed by atoms with van der Waals surface area (Å²) in [5, 5.41) is 0. The van der Waals surface area contributed by atoms with Crippen LogP contribution in [-0.4, -0.2) is 36.2 Å². The normalized spacial score (nSPS) is 27.0. The first kappa shape index (κ1) is 10.9. The molecule has 1 aliphatic heterocycles. The van der Waals surface area contributed by atoms with E-state index >= 15 is 0 Å². The van der Waals surface area contributed by atoms with Gasteiger partial charge in [-0.15, -0.1) is 0 Å². The predicted molar refractivity (Wildman–Crippen MR) is 44.5 cm³/mol. The Kier molecular flexibility index (Phi) is 2.73. The minimum absolute atomic E-state index is 0.00843. The van der Waals surface area contributed by atoms with Gasteiger partial charge in [-0.3, -0.25) is 9.59 Å². The zero-order valence-corrected chi connectivity index (χ0v) is 7.80. The number of nitrogens with two attached hydrogens (primary N) is 1. The maximum Gasteiger partial charge on any atom is 0.315 e. The quantitative estimate of drug-likeness (QED) is 0.689. The van der Waals surface area contributed by atoms with E-state index in [0.717, 1.165) is 4.90 Å². The topological polar surface area (TPSA) is 63.4 Å². The summed E-state index contributed by atoms with van der Waals surface area (Å²) < 4.78 is 24.1. The Morgan fingerprint density at radius 1 is 1.50 bits per heavy atom. The molecule has 1 saturated heterocycles. The molecular formula is C8H12F2N2O2. The van der Waals surface area contributed by atoms with Crippen LogP contribution in [-0.2, 0) is 9.59 Å². The number of carbonyl (C=O) groups excluding carboxylic acids is 2. The zero-order valence-electron chi connectivity index (χ0n) is 7.80. The molecule has 2 amide bonds. The highest BCUT2D eigenvalue weighted by Crippen LogP contribution is 2.29. The van der Waals surface area contributed by atoms with E-state index in [1.54, 1.807) is 6.92 Å². The summed E-state index contributed by atoms with van der Waals surface area (Å²) in [5.74, 6) is -1.78. The van der Waals surface area contributed by atoms with Crippen LogP contribution in [0, 0.1) is 5.41 Å². The van der Waals surface area contributed by atoms with E-state index in [4.69, 9.17) is 5.73 Å². The van der Waals surface area contributed by atoms with Crippen molar-refractivity contribution in [1.29, 1.82) is 0 Å². The first-order valence-corrected chi connectivity index (χ1v) is 4.24. The van der Waals surface area contributed by atoms with Gasteiger partial charge in [0.25, 0.3) is 5.91 Å². The fraction of sp³-hybridized carbons (Fsp3) is 0.750. The van der Waals surface area contributed by atoms with E-state index in [1.807, 2.05) is 0 Å². The fourth-order valence-electron chi connectivity index (χ4n) is 1.49. The van der Waals surface area contributed by atoms with Gasteiger partial charge in [0, 0.05) is 13.1 Å². The number of alkyl halides is 2. The van der Waals surface area contributed by atoms with Gasteiger partial charge in [0.2, 0.25) is 5.91 Å².